The van der Waals surface area contributed by atoms with Crippen LogP contribution in [0.5, 0.6) is 5.75 Å². The fraction of sp³-hybridized carbons (Fsp3) is 0.200. The summed E-state index contributed by atoms with van der Waals surface area (Å²) in [5.74, 6) is 0.897. The first-order valence-corrected chi connectivity index (χ1v) is 5.88. The van der Waals surface area contributed by atoms with E-state index in [4.69, 9.17) is 10.5 Å². The monoisotopic (exact) mass is 242 g/mol. The summed E-state index contributed by atoms with van der Waals surface area (Å²) in [6, 6.07) is 11.9. The average molecular weight is 242 g/mol. The Balaban J connectivity index is 2.23. The topological polar surface area (TPSA) is 47.3 Å². The van der Waals surface area contributed by atoms with Crippen molar-refractivity contribution < 1.29 is 4.74 Å². The van der Waals surface area contributed by atoms with Gasteiger partial charge in [0.1, 0.15) is 5.75 Å². The van der Waals surface area contributed by atoms with Crippen LogP contribution >= 0.6 is 0 Å². The van der Waals surface area contributed by atoms with Crippen molar-refractivity contribution >= 4 is 17.1 Å². The van der Waals surface area contributed by atoms with Crippen LogP contribution in [0.1, 0.15) is 11.1 Å². The Kier molecular flexibility index (Phi) is 3.42. The number of hydrogen-bond donors (Lipinski definition) is 2. The first-order valence-electron chi connectivity index (χ1n) is 5.88. The molecule has 0 atom stereocenters. The predicted molar refractivity (Wildman–Crippen MR) is 76.6 cm³/mol. The van der Waals surface area contributed by atoms with E-state index in [2.05, 4.69) is 11.4 Å². The molecule has 0 radical (unpaired) electrons. The summed E-state index contributed by atoms with van der Waals surface area (Å²) in [6.45, 7) is 4.03. The SMILES string of the molecule is COc1ccc(Nc2ccc(N)c(C)c2)cc1C. The number of nitrogens with one attached hydrogen (secondary N) is 1. The Bertz CT molecular complexity index is 564. The second-order valence-electron chi connectivity index (χ2n) is 4.38. The molecule has 2 aromatic carbocycles. The maximum atomic E-state index is 5.80. The van der Waals surface area contributed by atoms with Gasteiger partial charge in [0.25, 0.3) is 0 Å². The van der Waals surface area contributed by atoms with Gasteiger partial charge in [0.2, 0.25) is 0 Å². The summed E-state index contributed by atoms with van der Waals surface area (Å²) >= 11 is 0. The highest BCUT2D eigenvalue weighted by Crippen LogP contribution is 2.25. The molecule has 0 unspecified atom stereocenters. The van der Waals surface area contributed by atoms with Gasteiger partial charge in [0.05, 0.1) is 7.11 Å². The second kappa shape index (κ2) is 5.00. The fourth-order valence-corrected chi connectivity index (χ4v) is 1.88. The van der Waals surface area contributed by atoms with Crippen LogP contribution in [-0.4, -0.2) is 7.11 Å². The van der Waals surface area contributed by atoms with Crippen LogP contribution in [0.4, 0.5) is 17.1 Å². The fourth-order valence-electron chi connectivity index (χ4n) is 1.88. The lowest BCUT2D eigenvalue weighted by molar-refractivity contribution is 0.412. The number of nitrogens with two attached hydrogens (primary N) is 1. The quantitative estimate of drug-likeness (QED) is 0.808. The number of nitrogen functional groups attached to an aromatic ring is 1. The molecule has 94 valence electrons. The Hall–Kier alpha value is -2.16. The predicted octanol–water partition coefficient (Wildman–Crippen LogP) is 3.64. The van der Waals surface area contributed by atoms with Gasteiger partial charge in [0, 0.05) is 17.1 Å². The van der Waals surface area contributed by atoms with Crippen LogP contribution in [-0.2, 0) is 0 Å². The van der Waals surface area contributed by atoms with Crippen molar-refractivity contribution in [1.82, 2.24) is 0 Å². The van der Waals surface area contributed by atoms with Crippen LogP contribution in [0.15, 0.2) is 36.4 Å². The number of anilines is 3. The third kappa shape index (κ3) is 2.56. The van der Waals surface area contributed by atoms with Gasteiger partial charge in [-0.1, -0.05) is 0 Å². The minimum absolute atomic E-state index is 0.812. The number of rotatable bonds is 3. The molecule has 3 heteroatoms. The molecule has 18 heavy (non-hydrogen) atoms. The van der Waals surface area contributed by atoms with E-state index in [0.29, 0.717) is 0 Å². The number of methoxy groups -OCH3 is 1. The molecule has 0 fully saturated rings. The molecule has 0 saturated heterocycles. The standard InChI is InChI=1S/C15H18N2O/c1-10-8-12(4-6-14(10)16)17-13-5-7-15(18-3)11(2)9-13/h4-9,17H,16H2,1-3H3. The molecule has 0 spiro atoms. The van der Waals surface area contributed by atoms with E-state index in [1.165, 1.54) is 0 Å². The number of aryl methyl sites for hydroxylation is 2. The van der Waals surface area contributed by atoms with Gasteiger partial charge in [-0.25, -0.2) is 0 Å². The summed E-state index contributed by atoms with van der Waals surface area (Å²) in [4.78, 5) is 0. The average Bonchev–Trinajstić information content (AvgIpc) is 2.34. The van der Waals surface area contributed by atoms with Crippen molar-refractivity contribution in [1.29, 1.82) is 0 Å². The Morgan fingerprint density at radius 2 is 1.56 bits per heavy atom. The smallest absolute Gasteiger partial charge is 0.121 e. The number of benzene rings is 2. The van der Waals surface area contributed by atoms with Crippen LogP contribution in [0.2, 0.25) is 0 Å². The lowest BCUT2D eigenvalue weighted by Gasteiger charge is -2.11. The van der Waals surface area contributed by atoms with E-state index in [1.54, 1.807) is 7.11 Å². The molecule has 0 bridgehead atoms. The van der Waals surface area contributed by atoms with E-state index in [-0.39, 0.29) is 0 Å². The van der Waals surface area contributed by atoms with Gasteiger partial charge in [-0.05, 0) is 61.4 Å². The Morgan fingerprint density at radius 1 is 0.944 bits per heavy atom. The molecular formula is C15H18N2O. The molecule has 2 rings (SSSR count). The molecular weight excluding hydrogens is 224 g/mol. The van der Waals surface area contributed by atoms with Gasteiger partial charge >= 0.3 is 0 Å². The van der Waals surface area contributed by atoms with Crippen molar-refractivity contribution in [2.24, 2.45) is 0 Å². The molecule has 3 nitrogen and oxygen atoms in total. The summed E-state index contributed by atoms with van der Waals surface area (Å²) in [6.07, 6.45) is 0. The van der Waals surface area contributed by atoms with E-state index < -0.39 is 0 Å². The maximum Gasteiger partial charge on any atom is 0.121 e. The Labute approximate surface area is 108 Å². The van der Waals surface area contributed by atoms with E-state index >= 15 is 0 Å². The Morgan fingerprint density at radius 3 is 2.11 bits per heavy atom. The van der Waals surface area contributed by atoms with E-state index in [1.807, 2.05) is 44.2 Å². The minimum atomic E-state index is 0.812. The normalized spacial score (nSPS) is 10.2. The zero-order valence-corrected chi connectivity index (χ0v) is 10.9. The molecule has 0 aromatic heterocycles. The minimum Gasteiger partial charge on any atom is -0.496 e. The van der Waals surface area contributed by atoms with Gasteiger partial charge in [-0.15, -0.1) is 0 Å². The highest BCUT2D eigenvalue weighted by molar-refractivity contribution is 5.65. The van der Waals surface area contributed by atoms with Crippen LogP contribution in [0, 0.1) is 13.8 Å². The molecule has 0 aliphatic carbocycles. The van der Waals surface area contributed by atoms with Crippen molar-refractivity contribution in [2.45, 2.75) is 13.8 Å². The number of ether oxygens (including phenoxy) is 1. The largest absolute Gasteiger partial charge is 0.496 e. The molecule has 0 heterocycles. The second-order valence-corrected chi connectivity index (χ2v) is 4.38. The molecule has 0 saturated carbocycles. The van der Waals surface area contributed by atoms with Crippen molar-refractivity contribution in [3.8, 4) is 5.75 Å². The zero-order chi connectivity index (χ0) is 13.1. The molecule has 0 aliphatic rings. The summed E-state index contributed by atoms with van der Waals surface area (Å²) in [5, 5.41) is 3.35. The number of hydrogen-bond acceptors (Lipinski definition) is 3. The van der Waals surface area contributed by atoms with Crippen molar-refractivity contribution in [3.05, 3.63) is 47.5 Å². The molecule has 3 N–H and O–H groups in total. The third-order valence-corrected chi connectivity index (χ3v) is 2.95. The van der Waals surface area contributed by atoms with Crippen LogP contribution in [0.3, 0.4) is 0 Å². The van der Waals surface area contributed by atoms with Crippen LogP contribution in [0.25, 0.3) is 0 Å². The summed E-state index contributed by atoms with van der Waals surface area (Å²) in [7, 11) is 1.68. The molecule has 2 aromatic rings. The first-order chi connectivity index (χ1) is 8.60. The van der Waals surface area contributed by atoms with Gasteiger partial charge < -0.3 is 15.8 Å². The maximum absolute atomic E-state index is 5.80. The van der Waals surface area contributed by atoms with Crippen LogP contribution < -0.4 is 15.8 Å². The van der Waals surface area contributed by atoms with Gasteiger partial charge in [-0.3, -0.25) is 0 Å². The summed E-state index contributed by atoms with van der Waals surface area (Å²) < 4.78 is 5.24. The first kappa shape index (κ1) is 12.3. The molecule has 0 aliphatic heterocycles. The van der Waals surface area contributed by atoms with Crippen molar-refractivity contribution in [2.75, 3.05) is 18.2 Å². The lowest BCUT2D eigenvalue weighted by atomic mass is 10.1. The molecule has 0 amide bonds. The third-order valence-electron chi connectivity index (χ3n) is 2.95. The van der Waals surface area contributed by atoms with E-state index in [0.717, 1.165) is 33.9 Å². The lowest BCUT2D eigenvalue weighted by Crippen LogP contribution is -1.95. The highest BCUT2D eigenvalue weighted by Gasteiger charge is 2.01. The van der Waals surface area contributed by atoms with Gasteiger partial charge in [0.15, 0.2) is 0 Å². The van der Waals surface area contributed by atoms with Crippen molar-refractivity contribution in [3.63, 3.8) is 0 Å². The zero-order valence-electron chi connectivity index (χ0n) is 10.9. The van der Waals surface area contributed by atoms with E-state index in [9.17, 15) is 0 Å². The highest BCUT2D eigenvalue weighted by atomic mass is 16.5. The summed E-state index contributed by atoms with van der Waals surface area (Å²) in [5.41, 5.74) is 10.9. The van der Waals surface area contributed by atoms with Gasteiger partial charge in [-0.2, -0.15) is 0 Å².